The van der Waals surface area contributed by atoms with Crippen molar-refractivity contribution in [2.45, 2.75) is 213 Å². The number of anilines is 3. The standard InChI is InChI=1S/C32H45N3O13.C32H43N3O11.C29H37N3O11.3CO2/c1-32(2,3)30(42)47-18-20-8-9-21(34-31(43)48-29-28(41)27(40)22(36)19-46-29)23(17-20)45-16-15-44-14-12-33-24(37)7-5-4-6-13-35-25(38)10-11-26(35)39;1-32(2,3)31(43)44-17-7-8-20-10-11-23(46-30-29(42)28(41)22(36)19-45-30)21(18-20)34-25(38)14-15-33-24(37)9-5-4-6-16-35-26(39)12-13-27(35)40;1-29(2,3)28(40)41-14-4-5-17-6-7-20(43-27-26(39)25(38)19(33)16-42-27)18(15-17)31-22(35)10-12-30-21(34)11-13-32-23(36)8-9-24(32)37;3*2-1-3/h8-11,17,22,27-29,36,40-41H,4-7,12-16,18-19H2,1-3H3,(H,33,37)(H,34,43);7-8,10-13,18,22,28-30,36,41-42H,4-6,9,14-17,19H2,1-3H3,(H,33,37)(H,34,38);4-9,15,19,25-27,33,38-39H,10-14,16H2,1-3H3,(H,30,34)(H,31,35);;;/b;8-7+;5-4+;;;/t22-,27+,28-,29+;22-,28+,29-,30+;19-,25+,26-,27+;;;/m111.../s1. The third kappa shape index (κ3) is 45.0. The Morgan fingerprint density at radius 1 is 0.384 bits per heavy atom. The van der Waals surface area contributed by atoms with Gasteiger partial charge in [0.15, 0.2) is 0 Å². The number of nitrogens with zero attached hydrogens (tertiary/aromatic N) is 3. The maximum absolute atomic E-state index is 12.8. The zero-order valence-corrected chi connectivity index (χ0v) is 81.7. The lowest BCUT2D eigenvalue weighted by Crippen LogP contribution is -2.54. The molecule has 3 aromatic rings. The zero-order valence-electron chi connectivity index (χ0n) is 81.7. The molecule has 50 heteroatoms. The smallest absolute Gasteiger partial charge is 0.414 e. The number of benzene rings is 3. The van der Waals surface area contributed by atoms with E-state index < -0.39 is 132 Å². The molecule has 9 rings (SSSR count). The second-order valence-electron chi connectivity index (χ2n) is 35.4. The highest BCUT2D eigenvalue weighted by atomic mass is 16.7. The maximum atomic E-state index is 12.8. The molecular formula is C96H125N9O41. The number of ether oxygens (including phenoxy) is 11. The van der Waals surface area contributed by atoms with E-state index in [1.54, 1.807) is 123 Å². The van der Waals surface area contributed by atoms with Crippen LogP contribution in [0.25, 0.3) is 12.2 Å². The second-order valence-corrected chi connectivity index (χ2v) is 35.4. The molecule has 0 unspecified atom stereocenters. The van der Waals surface area contributed by atoms with Crippen LogP contribution in [0.15, 0.2) is 103 Å². The van der Waals surface area contributed by atoms with Crippen molar-refractivity contribution in [2.24, 2.45) is 16.2 Å². The molecular weight excluding hydrogens is 1940 g/mol. The third-order valence-electron chi connectivity index (χ3n) is 20.6. The fourth-order valence-corrected chi connectivity index (χ4v) is 12.7. The Morgan fingerprint density at radius 2 is 0.747 bits per heavy atom. The molecule has 3 saturated heterocycles. The molecule has 0 bridgehead atoms. The number of aliphatic hydroxyl groups excluding tert-OH is 9. The molecule has 3 aromatic carbocycles. The highest BCUT2D eigenvalue weighted by Gasteiger charge is 2.43. The molecule has 146 heavy (non-hydrogen) atoms. The second kappa shape index (κ2) is 63.9. The highest BCUT2D eigenvalue weighted by Crippen LogP contribution is 2.34. The summed E-state index contributed by atoms with van der Waals surface area (Å²) in [6.07, 6.45) is 0.00415. The Labute approximate surface area is 837 Å². The van der Waals surface area contributed by atoms with Gasteiger partial charge in [0.05, 0.1) is 66.3 Å². The molecule has 12 atom stereocenters. The predicted octanol–water partition coefficient (Wildman–Crippen LogP) is -0.0862. The minimum absolute atomic E-state index is 0.0225. The SMILES string of the molecule is CC(C)(C)C(=O)OC/C=C/c1ccc(O[C@@H]2OC[C@@H](O)[C@H](O)[C@H]2O)c(NC(=O)CCNC(=O)CCCCCN2C(=O)C=CC2=O)c1.CC(C)(C)C(=O)OC/C=C/c1ccc(O[C@@H]2OC[C@@H](O)[C@H](O)[C@H]2O)c(NC(=O)CCNC(=O)CCN2C(=O)C=CC2=O)c1.CC(C)(C)C(=O)OCc1ccc(NC(=O)O[C@@H]2OC[C@@H](O)[C@H](O)[C@H]2O)c(OCCOCCNC(=O)CCCCCN2C(=O)C=CC2=O)c1.O=C=O.O=C=O.O=C=O. The Balaban J connectivity index is 0.000000438. The van der Waals surface area contributed by atoms with Crippen LogP contribution in [0.5, 0.6) is 17.2 Å². The van der Waals surface area contributed by atoms with Gasteiger partial charge in [-0.1, -0.05) is 43.2 Å². The first-order chi connectivity index (χ1) is 69.0. The summed E-state index contributed by atoms with van der Waals surface area (Å²) in [6.45, 7) is 16.0. The Kier molecular flexibility index (Phi) is 54.3. The van der Waals surface area contributed by atoms with Crippen LogP contribution in [0.4, 0.5) is 21.9 Å². The maximum Gasteiger partial charge on any atom is 0.414 e. The summed E-state index contributed by atoms with van der Waals surface area (Å²) in [5.41, 5.74) is 0.377. The number of aliphatic hydroxyl groups is 9. The number of unbranched alkanes of at least 4 members (excludes halogenated alkanes) is 4. The summed E-state index contributed by atoms with van der Waals surface area (Å²) in [5, 5.41) is 105. The van der Waals surface area contributed by atoms with E-state index in [-0.39, 0.29) is 211 Å². The molecule has 0 aliphatic carbocycles. The monoisotopic (exact) mass is 2060 g/mol. The Bertz CT molecular complexity index is 5090. The van der Waals surface area contributed by atoms with Gasteiger partial charge in [-0.3, -0.25) is 87.1 Å². The van der Waals surface area contributed by atoms with Gasteiger partial charge in [0.1, 0.15) is 98.6 Å². The van der Waals surface area contributed by atoms with Gasteiger partial charge in [0.25, 0.3) is 35.4 Å². The molecule has 0 aromatic heterocycles. The molecule has 0 radical (unpaired) electrons. The van der Waals surface area contributed by atoms with E-state index in [2.05, 4.69) is 31.9 Å². The predicted molar refractivity (Wildman–Crippen MR) is 498 cm³/mol. The van der Waals surface area contributed by atoms with Crippen molar-refractivity contribution in [2.75, 3.05) is 108 Å². The molecule has 6 heterocycles. The van der Waals surface area contributed by atoms with Crippen LogP contribution in [-0.4, -0.2) is 334 Å². The number of hydrogen-bond donors (Lipinski definition) is 15. The van der Waals surface area contributed by atoms with E-state index >= 15 is 0 Å². The summed E-state index contributed by atoms with van der Waals surface area (Å²) < 4.78 is 59.5. The first-order valence-corrected chi connectivity index (χ1v) is 45.8. The van der Waals surface area contributed by atoms with Crippen molar-refractivity contribution >= 4 is 137 Å². The van der Waals surface area contributed by atoms with Gasteiger partial charge in [-0.2, -0.15) is 28.8 Å². The van der Waals surface area contributed by atoms with Crippen LogP contribution >= 0.6 is 0 Å². The normalized spacial score (nSPS) is 20.3. The van der Waals surface area contributed by atoms with E-state index in [1.165, 1.54) is 47.4 Å². The van der Waals surface area contributed by atoms with Crippen LogP contribution < -0.4 is 46.1 Å². The van der Waals surface area contributed by atoms with Crippen molar-refractivity contribution in [3.63, 3.8) is 0 Å². The van der Waals surface area contributed by atoms with Gasteiger partial charge >= 0.3 is 42.5 Å². The lowest BCUT2D eigenvalue weighted by Gasteiger charge is -2.35. The summed E-state index contributed by atoms with van der Waals surface area (Å²) in [4.78, 5) is 232. The molecule has 12 amide bonds. The number of imide groups is 3. The van der Waals surface area contributed by atoms with Gasteiger partial charge in [0.2, 0.25) is 48.4 Å². The van der Waals surface area contributed by atoms with Gasteiger partial charge in [-0.05, 0) is 153 Å². The van der Waals surface area contributed by atoms with E-state index in [4.69, 9.17) is 80.9 Å². The van der Waals surface area contributed by atoms with E-state index in [0.29, 0.717) is 74.7 Å². The van der Waals surface area contributed by atoms with E-state index in [9.17, 15) is 118 Å². The van der Waals surface area contributed by atoms with Gasteiger partial charge < -0.3 is 125 Å². The average molecular weight is 2060 g/mol. The summed E-state index contributed by atoms with van der Waals surface area (Å²) >= 11 is 0. The first-order valence-electron chi connectivity index (χ1n) is 45.8. The number of rotatable bonds is 44. The number of esters is 3. The number of carbonyl (C=O) groups excluding carboxylic acids is 21. The Morgan fingerprint density at radius 3 is 1.14 bits per heavy atom. The van der Waals surface area contributed by atoms with Crippen LogP contribution in [0.3, 0.4) is 0 Å². The van der Waals surface area contributed by atoms with Crippen molar-refractivity contribution < 1.29 is 199 Å². The van der Waals surface area contributed by atoms with Crippen molar-refractivity contribution in [3.8, 4) is 17.2 Å². The first kappa shape index (κ1) is 124. The van der Waals surface area contributed by atoms with Gasteiger partial charge in [-0.25, -0.2) is 4.79 Å². The lowest BCUT2D eigenvalue weighted by atomic mass is 9.97. The highest BCUT2D eigenvalue weighted by molar-refractivity contribution is 6.14. The minimum Gasteiger partial charge on any atom is -0.489 e. The quantitative estimate of drug-likeness (QED) is 0.0152. The number of carbonyl (C=O) groups is 15. The van der Waals surface area contributed by atoms with Crippen LogP contribution in [0.1, 0.15) is 150 Å². The molecule has 800 valence electrons. The molecule has 0 saturated carbocycles. The Hall–Kier alpha value is -14.2. The fourth-order valence-electron chi connectivity index (χ4n) is 12.7. The molecule has 0 spiro atoms. The number of amides is 12. The average Bonchev–Trinajstić information content (AvgIpc) is 1.22. The number of nitrogens with one attached hydrogen (secondary N) is 6. The van der Waals surface area contributed by atoms with Crippen molar-refractivity contribution in [1.29, 1.82) is 0 Å². The molecule has 6 aliphatic heterocycles. The summed E-state index contributed by atoms with van der Waals surface area (Å²) in [5.74, 6) is -4.78. The van der Waals surface area contributed by atoms with Crippen molar-refractivity contribution in [3.05, 3.63) is 120 Å². The third-order valence-corrected chi connectivity index (χ3v) is 20.6. The molecule has 6 aliphatic rings. The number of hydrogen-bond acceptors (Lipinski definition) is 41. The van der Waals surface area contributed by atoms with E-state index in [0.717, 1.165) is 22.0 Å². The lowest BCUT2D eigenvalue weighted by molar-refractivity contribution is -0.249. The fraction of sp³-hybridized carbons (Fsp3) is 0.521. The zero-order chi connectivity index (χ0) is 109. The van der Waals surface area contributed by atoms with Crippen LogP contribution in [0, 0.1) is 16.2 Å². The van der Waals surface area contributed by atoms with Gasteiger partial charge in [0, 0.05) is 108 Å². The topological polar surface area (TPSA) is 724 Å². The molecule has 50 nitrogen and oxygen atoms in total. The van der Waals surface area contributed by atoms with Crippen molar-refractivity contribution in [1.82, 2.24) is 30.7 Å². The van der Waals surface area contributed by atoms with E-state index in [1.807, 2.05) is 0 Å². The molecule has 3 fully saturated rings. The van der Waals surface area contributed by atoms with Crippen LogP contribution in [-0.2, 0) is 140 Å². The minimum atomic E-state index is -1.67. The van der Waals surface area contributed by atoms with Gasteiger partial charge in [-0.15, -0.1) is 0 Å². The summed E-state index contributed by atoms with van der Waals surface area (Å²) in [6, 6.07) is 14.2. The largest absolute Gasteiger partial charge is 0.489 e. The summed E-state index contributed by atoms with van der Waals surface area (Å²) in [7, 11) is 0. The molecule has 15 N–H and O–H groups in total. The van der Waals surface area contributed by atoms with Crippen LogP contribution in [0.2, 0.25) is 0 Å².